The van der Waals surface area contributed by atoms with Crippen LogP contribution in [0.2, 0.25) is 0 Å². The Bertz CT molecular complexity index is 397. The predicted molar refractivity (Wildman–Crippen MR) is 87.4 cm³/mol. The number of benzene rings is 1. The Kier molecular flexibility index (Phi) is 5.94. The van der Waals surface area contributed by atoms with Gasteiger partial charge in [0.15, 0.2) is 0 Å². The minimum absolute atomic E-state index is 0.313. The Morgan fingerprint density at radius 3 is 2.70 bits per heavy atom. The van der Waals surface area contributed by atoms with Gasteiger partial charge in [-0.05, 0) is 31.9 Å². The second-order valence-electron chi connectivity index (χ2n) is 5.71. The van der Waals surface area contributed by atoms with E-state index in [9.17, 15) is 0 Å². The fourth-order valence-electron chi connectivity index (χ4n) is 2.99. The topological polar surface area (TPSA) is 21.3 Å². The molecule has 1 N–H and O–H groups in total. The summed E-state index contributed by atoms with van der Waals surface area (Å²) in [6.45, 7) is 8.63. The van der Waals surface area contributed by atoms with E-state index in [1.165, 1.54) is 11.3 Å². The molecule has 0 bridgehead atoms. The van der Waals surface area contributed by atoms with Gasteiger partial charge < -0.3 is 10.1 Å². The molecule has 2 nitrogen and oxygen atoms in total. The van der Waals surface area contributed by atoms with Crippen molar-refractivity contribution >= 4 is 11.8 Å². The number of nitrogens with one attached hydrogen (secondary N) is 1. The highest BCUT2D eigenvalue weighted by molar-refractivity contribution is 7.99. The van der Waals surface area contributed by atoms with Crippen LogP contribution in [0.4, 0.5) is 0 Å². The van der Waals surface area contributed by atoms with Gasteiger partial charge in [-0.25, -0.2) is 0 Å². The van der Waals surface area contributed by atoms with E-state index in [1.54, 1.807) is 0 Å². The Labute approximate surface area is 127 Å². The molecule has 1 fully saturated rings. The molecule has 20 heavy (non-hydrogen) atoms. The third-order valence-corrected chi connectivity index (χ3v) is 5.63. The number of hydrogen-bond donors (Lipinski definition) is 1. The van der Waals surface area contributed by atoms with E-state index in [1.807, 2.05) is 11.8 Å². The smallest absolute Gasteiger partial charge is 0.0658 e. The molecule has 0 radical (unpaired) electrons. The standard InChI is InChI=1S/C17H27NOS/c1-4-17(3)15(13-16(17)19-5-2)18-11-12-20-14-9-7-6-8-10-14/h6-10,15-16,18H,4-5,11-13H2,1-3H3. The van der Waals surface area contributed by atoms with E-state index in [-0.39, 0.29) is 0 Å². The van der Waals surface area contributed by atoms with Gasteiger partial charge in [0.2, 0.25) is 0 Å². The molecule has 0 amide bonds. The fraction of sp³-hybridized carbons (Fsp3) is 0.647. The van der Waals surface area contributed by atoms with Gasteiger partial charge >= 0.3 is 0 Å². The van der Waals surface area contributed by atoms with E-state index in [2.05, 4.69) is 56.4 Å². The van der Waals surface area contributed by atoms with Gasteiger partial charge in [-0.15, -0.1) is 11.8 Å². The molecular formula is C17H27NOS. The van der Waals surface area contributed by atoms with E-state index in [0.29, 0.717) is 17.6 Å². The van der Waals surface area contributed by atoms with Crippen LogP contribution in [0.15, 0.2) is 35.2 Å². The van der Waals surface area contributed by atoms with Crippen LogP contribution in [0.3, 0.4) is 0 Å². The maximum absolute atomic E-state index is 5.84. The van der Waals surface area contributed by atoms with Crippen molar-refractivity contribution < 1.29 is 4.74 Å². The van der Waals surface area contributed by atoms with E-state index in [4.69, 9.17) is 4.74 Å². The van der Waals surface area contributed by atoms with Crippen molar-refractivity contribution in [3.63, 3.8) is 0 Å². The highest BCUT2D eigenvalue weighted by Gasteiger charge is 2.50. The zero-order valence-corrected chi connectivity index (χ0v) is 13.7. The monoisotopic (exact) mass is 293 g/mol. The molecule has 1 aliphatic rings. The predicted octanol–water partition coefficient (Wildman–Crippen LogP) is 3.96. The summed E-state index contributed by atoms with van der Waals surface area (Å²) in [6.07, 6.45) is 2.78. The molecule has 3 heteroatoms. The summed E-state index contributed by atoms with van der Waals surface area (Å²) in [4.78, 5) is 1.35. The van der Waals surface area contributed by atoms with Gasteiger partial charge in [-0.2, -0.15) is 0 Å². The van der Waals surface area contributed by atoms with Gasteiger partial charge in [0.25, 0.3) is 0 Å². The summed E-state index contributed by atoms with van der Waals surface area (Å²) in [6, 6.07) is 11.2. The van der Waals surface area contributed by atoms with Crippen LogP contribution in [0.5, 0.6) is 0 Å². The molecule has 0 aromatic heterocycles. The SMILES string of the molecule is CCOC1CC(NCCSc2ccccc2)C1(C)CC. The first-order chi connectivity index (χ1) is 9.70. The summed E-state index contributed by atoms with van der Waals surface area (Å²) >= 11 is 1.92. The van der Waals surface area contributed by atoms with Crippen molar-refractivity contribution in [2.24, 2.45) is 5.41 Å². The number of hydrogen-bond acceptors (Lipinski definition) is 3. The first-order valence-corrected chi connectivity index (χ1v) is 8.72. The zero-order chi connectivity index (χ0) is 14.4. The van der Waals surface area contributed by atoms with Crippen LogP contribution < -0.4 is 5.32 Å². The highest BCUT2D eigenvalue weighted by atomic mass is 32.2. The molecule has 112 valence electrons. The molecule has 0 aliphatic heterocycles. The van der Waals surface area contributed by atoms with Crippen LogP contribution >= 0.6 is 11.8 Å². The third-order valence-electron chi connectivity index (χ3n) is 4.62. The zero-order valence-electron chi connectivity index (χ0n) is 12.9. The van der Waals surface area contributed by atoms with Gasteiger partial charge in [-0.1, -0.05) is 32.0 Å². The quantitative estimate of drug-likeness (QED) is 0.579. The second kappa shape index (κ2) is 7.48. The summed E-state index contributed by atoms with van der Waals surface area (Å²) in [5.74, 6) is 1.12. The lowest BCUT2D eigenvalue weighted by atomic mass is 9.61. The lowest BCUT2D eigenvalue weighted by Crippen LogP contribution is -2.62. The van der Waals surface area contributed by atoms with Crippen molar-refractivity contribution in [2.75, 3.05) is 18.9 Å². The maximum Gasteiger partial charge on any atom is 0.0658 e. The van der Waals surface area contributed by atoms with Crippen LogP contribution in [0, 0.1) is 5.41 Å². The molecule has 0 heterocycles. The van der Waals surface area contributed by atoms with Crippen molar-refractivity contribution in [2.45, 2.75) is 50.7 Å². The van der Waals surface area contributed by atoms with Gasteiger partial charge in [0.05, 0.1) is 6.10 Å². The Morgan fingerprint density at radius 1 is 1.30 bits per heavy atom. The van der Waals surface area contributed by atoms with Crippen molar-refractivity contribution in [3.8, 4) is 0 Å². The molecule has 3 unspecified atom stereocenters. The first-order valence-electron chi connectivity index (χ1n) is 7.73. The summed E-state index contributed by atoms with van der Waals surface area (Å²) in [7, 11) is 0. The average molecular weight is 293 g/mol. The normalized spacial score (nSPS) is 29.1. The summed E-state index contributed by atoms with van der Waals surface area (Å²) < 4.78 is 5.84. The number of ether oxygens (including phenoxy) is 1. The van der Waals surface area contributed by atoms with Crippen LogP contribution in [0.25, 0.3) is 0 Å². The summed E-state index contributed by atoms with van der Waals surface area (Å²) in [5.41, 5.74) is 0.313. The largest absolute Gasteiger partial charge is 0.378 e. The molecular weight excluding hydrogens is 266 g/mol. The van der Waals surface area contributed by atoms with Gasteiger partial charge in [0, 0.05) is 35.3 Å². The minimum atomic E-state index is 0.313. The molecule has 0 spiro atoms. The molecule has 1 aromatic carbocycles. The second-order valence-corrected chi connectivity index (χ2v) is 6.88. The van der Waals surface area contributed by atoms with Crippen molar-refractivity contribution in [1.29, 1.82) is 0 Å². The Morgan fingerprint density at radius 2 is 2.05 bits per heavy atom. The van der Waals surface area contributed by atoms with Gasteiger partial charge in [0.1, 0.15) is 0 Å². The van der Waals surface area contributed by atoms with Crippen molar-refractivity contribution in [1.82, 2.24) is 5.32 Å². The minimum Gasteiger partial charge on any atom is -0.378 e. The lowest BCUT2D eigenvalue weighted by Gasteiger charge is -2.53. The van der Waals surface area contributed by atoms with E-state index in [0.717, 1.165) is 25.3 Å². The average Bonchev–Trinajstić information content (AvgIpc) is 2.49. The van der Waals surface area contributed by atoms with E-state index >= 15 is 0 Å². The fourth-order valence-corrected chi connectivity index (χ4v) is 3.79. The molecule has 0 saturated heterocycles. The van der Waals surface area contributed by atoms with E-state index < -0.39 is 0 Å². The van der Waals surface area contributed by atoms with Gasteiger partial charge in [-0.3, -0.25) is 0 Å². The molecule has 1 aromatic rings. The number of thioether (sulfide) groups is 1. The summed E-state index contributed by atoms with van der Waals surface area (Å²) in [5, 5.41) is 3.72. The Hall–Kier alpha value is -0.510. The van der Waals surface area contributed by atoms with Crippen LogP contribution in [0.1, 0.15) is 33.6 Å². The van der Waals surface area contributed by atoms with Crippen LogP contribution in [-0.2, 0) is 4.74 Å². The molecule has 3 atom stereocenters. The van der Waals surface area contributed by atoms with Crippen molar-refractivity contribution in [3.05, 3.63) is 30.3 Å². The highest BCUT2D eigenvalue weighted by Crippen LogP contribution is 2.45. The number of rotatable bonds is 8. The third kappa shape index (κ3) is 3.57. The molecule has 1 saturated carbocycles. The first kappa shape index (κ1) is 15.9. The van der Waals surface area contributed by atoms with Crippen LogP contribution in [-0.4, -0.2) is 31.1 Å². The Balaban J connectivity index is 1.70. The molecule has 2 rings (SSSR count). The maximum atomic E-state index is 5.84. The molecule has 1 aliphatic carbocycles. The lowest BCUT2D eigenvalue weighted by molar-refractivity contribution is -0.125.